The quantitative estimate of drug-likeness (QED) is 0.693. The molecule has 0 aliphatic rings. The van der Waals surface area contributed by atoms with Gasteiger partial charge in [0.2, 0.25) is 5.91 Å². The first-order valence-electron chi connectivity index (χ1n) is 4.62. The Labute approximate surface area is 75.7 Å². The van der Waals surface area contributed by atoms with Crippen LogP contribution in [0.25, 0.3) is 0 Å². The molecule has 1 unspecified atom stereocenters. The largest absolute Gasteiger partial charge is 0.354 e. The van der Waals surface area contributed by atoms with Crippen molar-refractivity contribution in [1.29, 1.82) is 0 Å². The van der Waals surface area contributed by atoms with Crippen LogP contribution in [-0.4, -0.2) is 11.9 Å². The number of hydrogen-bond donors (Lipinski definition) is 1. The van der Waals surface area contributed by atoms with Gasteiger partial charge in [-0.3, -0.25) is 4.79 Å². The SMILES string of the molecule is CCC(CC(C)(C)C)NC(C)=O. The molecule has 12 heavy (non-hydrogen) atoms. The minimum absolute atomic E-state index is 0.0751. The monoisotopic (exact) mass is 171 g/mol. The van der Waals surface area contributed by atoms with E-state index in [-0.39, 0.29) is 5.91 Å². The summed E-state index contributed by atoms with van der Waals surface area (Å²) in [6, 6.07) is 0.336. The summed E-state index contributed by atoms with van der Waals surface area (Å²) in [5.74, 6) is 0.0751. The highest BCUT2D eigenvalue weighted by molar-refractivity contribution is 5.73. The fourth-order valence-corrected chi connectivity index (χ4v) is 1.32. The van der Waals surface area contributed by atoms with E-state index in [2.05, 4.69) is 33.0 Å². The lowest BCUT2D eigenvalue weighted by Gasteiger charge is -2.25. The van der Waals surface area contributed by atoms with E-state index in [1.165, 1.54) is 0 Å². The van der Waals surface area contributed by atoms with Crippen LogP contribution in [0.4, 0.5) is 0 Å². The van der Waals surface area contributed by atoms with Gasteiger partial charge >= 0.3 is 0 Å². The number of amides is 1. The molecule has 0 radical (unpaired) electrons. The van der Waals surface area contributed by atoms with E-state index in [1.807, 2.05) is 0 Å². The Hall–Kier alpha value is -0.530. The van der Waals surface area contributed by atoms with Crippen LogP contribution in [0.2, 0.25) is 0 Å². The summed E-state index contributed by atoms with van der Waals surface area (Å²) in [4.78, 5) is 10.8. The lowest BCUT2D eigenvalue weighted by atomic mass is 9.87. The Kier molecular flexibility index (Phi) is 4.29. The third-order valence-electron chi connectivity index (χ3n) is 1.76. The highest BCUT2D eigenvalue weighted by Gasteiger charge is 2.17. The lowest BCUT2D eigenvalue weighted by molar-refractivity contribution is -0.119. The molecule has 0 bridgehead atoms. The van der Waals surface area contributed by atoms with Crippen molar-refractivity contribution in [3.63, 3.8) is 0 Å². The predicted molar refractivity (Wildman–Crippen MR) is 52.0 cm³/mol. The van der Waals surface area contributed by atoms with E-state index in [4.69, 9.17) is 0 Å². The van der Waals surface area contributed by atoms with Crippen molar-refractivity contribution in [2.24, 2.45) is 5.41 Å². The van der Waals surface area contributed by atoms with E-state index in [0.29, 0.717) is 11.5 Å². The molecule has 0 aromatic heterocycles. The second-order valence-electron chi connectivity index (χ2n) is 4.57. The molecule has 1 N–H and O–H groups in total. The maximum atomic E-state index is 10.8. The Morgan fingerprint density at radius 3 is 2.17 bits per heavy atom. The fraction of sp³-hybridized carbons (Fsp3) is 0.900. The molecule has 72 valence electrons. The van der Waals surface area contributed by atoms with Gasteiger partial charge < -0.3 is 5.32 Å². The zero-order chi connectivity index (χ0) is 9.78. The standard InChI is InChI=1S/C10H21NO/c1-6-9(11-8(2)12)7-10(3,4)5/h9H,6-7H2,1-5H3,(H,11,12). The second kappa shape index (κ2) is 4.48. The van der Waals surface area contributed by atoms with E-state index in [1.54, 1.807) is 6.92 Å². The van der Waals surface area contributed by atoms with Crippen molar-refractivity contribution in [3.8, 4) is 0 Å². The zero-order valence-electron chi connectivity index (χ0n) is 8.90. The van der Waals surface area contributed by atoms with E-state index >= 15 is 0 Å². The average molecular weight is 171 g/mol. The average Bonchev–Trinajstić information content (AvgIpc) is 1.82. The van der Waals surface area contributed by atoms with Gasteiger partial charge in [-0.05, 0) is 18.3 Å². The van der Waals surface area contributed by atoms with Gasteiger partial charge in [-0.25, -0.2) is 0 Å². The molecule has 0 rings (SSSR count). The van der Waals surface area contributed by atoms with Crippen molar-refractivity contribution in [3.05, 3.63) is 0 Å². The number of carbonyl (C=O) groups excluding carboxylic acids is 1. The van der Waals surface area contributed by atoms with Crippen molar-refractivity contribution in [1.82, 2.24) is 5.32 Å². The maximum absolute atomic E-state index is 10.8. The minimum atomic E-state index is 0.0751. The molecule has 0 saturated heterocycles. The van der Waals surface area contributed by atoms with Crippen LogP contribution >= 0.6 is 0 Å². The molecule has 0 fully saturated rings. The molecule has 0 aromatic rings. The van der Waals surface area contributed by atoms with Gasteiger partial charge in [0.15, 0.2) is 0 Å². The fourth-order valence-electron chi connectivity index (χ4n) is 1.32. The summed E-state index contributed by atoms with van der Waals surface area (Å²) in [5, 5.41) is 2.95. The first kappa shape index (κ1) is 11.5. The Morgan fingerprint density at radius 2 is 1.92 bits per heavy atom. The third kappa shape index (κ3) is 6.20. The van der Waals surface area contributed by atoms with Crippen LogP contribution < -0.4 is 5.32 Å². The molecule has 2 nitrogen and oxygen atoms in total. The van der Waals surface area contributed by atoms with Crippen LogP contribution in [-0.2, 0) is 4.79 Å². The zero-order valence-corrected chi connectivity index (χ0v) is 8.90. The van der Waals surface area contributed by atoms with Crippen molar-refractivity contribution in [2.45, 2.75) is 53.5 Å². The Morgan fingerprint density at radius 1 is 1.42 bits per heavy atom. The van der Waals surface area contributed by atoms with Crippen molar-refractivity contribution >= 4 is 5.91 Å². The van der Waals surface area contributed by atoms with Gasteiger partial charge in [-0.15, -0.1) is 0 Å². The van der Waals surface area contributed by atoms with Crippen molar-refractivity contribution in [2.75, 3.05) is 0 Å². The topological polar surface area (TPSA) is 29.1 Å². The molecular weight excluding hydrogens is 150 g/mol. The van der Waals surface area contributed by atoms with Gasteiger partial charge in [0.1, 0.15) is 0 Å². The molecule has 0 aliphatic carbocycles. The van der Waals surface area contributed by atoms with Crippen LogP contribution in [0.5, 0.6) is 0 Å². The number of rotatable bonds is 3. The van der Waals surface area contributed by atoms with E-state index < -0.39 is 0 Å². The minimum Gasteiger partial charge on any atom is -0.354 e. The Balaban J connectivity index is 3.92. The number of nitrogens with one attached hydrogen (secondary N) is 1. The van der Waals surface area contributed by atoms with Crippen LogP contribution in [0, 0.1) is 5.41 Å². The first-order chi connectivity index (χ1) is 5.35. The van der Waals surface area contributed by atoms with Gasteiger partial charge in [0.25, 0.3) is 0 Å². The third-order valence-corrected chi connectivity index (χ3v) is 1.76. The molecule has 0 aromatic carbocycles. The molecule has 0 spiro atoms. The molecular formula is C10H21NO. The van der Waals surface area contributed by atoms with E-state index in [0.717, 1.165) is 12.8 Å². The lowest BCUT2D eigenvalue weighted by Crippen LogP contribution is -2.35. The van der Waals surface area contributed by atoms with Gasteiger partial charge in [0.05, 0.1) is 0 Å². The van der Waals surface area contributed by atoms with Crippen LogP contribution in [0.15, 0.2) is 0 Å². The van der Waals surface area contributed by atoms with Crippen LogP contribution in [0.1, 0.15) is 47.5 Å². The molecule has 1 atom stereocenters. The molecule has 0 saturated carbocycles. The summed E-state index contributed by atoms with van der Waals surface area (Å²) < 4.78 is 0. The normalized spacial score (nSPS) is 14.1. The molecule has 0 heterocycles. The van der Waals surface area contributed by atoms with Gasteiger partial charge in [-0.1, -0.05) is 27.7 Å². The van der Waals surface area contributed by atoms with E-state index in [9.17, 15) is 4.79 Å². The second-order valence-corrected chi connectivity index (χ2v) is 4.57. The van der Waals surface area contributed by atoms with Gasteiger partial charge in [0, 0.05) is 13.0 Å². The summed E-state index contributed by atoms with van der Waals surface area (Å²) in [7, 11) is 0. The summed E-state index contributed by atoms with van der Waals surface area (Å²) in [5.41, 5.74) is 0.295. The first-order valence-corrected chi connectivity index (χ1v) is 4.62. The number of hydrogen-bond acceptors (Lipinski definition) is 1. The summed E-state index contributed by atoms with van der Waals surface area (Å²) in [6.07, 6.45) is 2.06. The van der Waals surface area contributed by atoms with Crippen LogP contribution in [0.3, 0.4) is 0 Å². The molecule has 1 amide bonds. The smallest absolute Gasteiger partial charge is 0.217 e. The molecule has 0 aliphatic heterocycles. The predicted octanol–water partition coefficient (Wildman–Crippen LogP) is 2.34. The maximum Gasteiger partial charge on any atom is 0.217 e. The summed E-state index contributed by atoms with van der Waals surface area (Å²) in [6.45, 7) is 10.3. The highest BCUT2D eigenvalue weighted by Crippen LogP contribution is 2.21. The van der Waals surface area contributed by atoms with Gasteiger partial charge in [-0.2, -0.15) is 0 Å². The highest BCUT2D eigenvalue weighted by atomic mass is 16.1. The van der Waals surface area contributed by atoms with Crippen molar-refractivity contribution < 1.29 is 4.79 Å². The number of carbonyl (C=O) groups is 1. The Bertz CT molecular complexity index is 146. The molecule has 2 heteroatoms. The summed E-state index contributed by atoms with van der Waals surface area (Å²) >= 11 is 0.